The molecule has 31 heavy (non-hydrogen) atoms. The SMILES string of the molecule is Cc1ccnc(S(C)(=O)=O)c1-n1c(=O)ncc2cc(F)c(-c3c(O)cccc3F)nc21. The van der Waals surface area contributed by atoms with Gasteiger partial charge in [-0.1, -0.05) is 6.07 Å². The Morgan fingerprint density at radius 2 is 1.84 bits per heavy atom. The molecule has 0 atom stereocenters. The molecule has 4 rings (SSSR count). The van der Waals surface area contributed by atoms with Gasteiger partial charge in [0.2, 0.25) is 0 Å². The van der Waals surface area contributed by atoms with E-state index in [0.717, 1.165) is 35.2 Å². The maximum absolute atomic E-state index is 14.8. The predicted molar refractivity (Wildman–Crippen MR) is 108 cm³/mol. The number of sulfone groups is 1. The molecular weight excluding hydrogens is 430 g/mol. The third-order valence-electron chi connectivity index (χ3n) is 4.60. The maximum Gasteiger partial charge on any atom is 0.353 e. The summed E-state index contributed by atoms with van der Waals surface area (Å²) < 4.78 is 54.6. The minimum absolute atomic E-state index is 0.0550. The summed E-state index contributed by atoms with van der Waals surface area (Å²) in [6.07, 6.45) is 3.27. The first-order chi connectivity index (χ1) is 14.6. The molecule has 1 N–H and O–H groups in total. The highest BCUT2D eigenvalue weighted by Gasteiger charge is 2.24. The van der Waals surface area contributed by atoms with Crippen molar-refractivity contribution in [3.8, 4) is 22.7 Å². The first kappa shape index (κ1) is 20.5. The average Bonchev–Trinajstić information content (AvgIpc) is 2.68. The molecule has 0 saturated carbocycles. The molecule has 0 saturated heterocycles. The summed E-state index contributed by atoms with van der Waals surface area (Å²) in [6, 6.07) is 5.88. The van der Waals surface area contributed by atoms with Gasteiger partial charge < -0.3 is 5.11 Å². The van der Waals surface area contributed by atoms with Crippen LogP contribution in [0, 0.1) is 18.6 Å². The van der Waals surface area contributed by atoms with Crippen LogP contribution in [0.2, 0.25) is 0 Å². The van der Waals surface area contributed by atoms with Gasteiger partial charge in [-0.05, 0) is 36.8 Å². The Labute approximate surface area is 174 Å². The van der Waals surface area contributed by atoms with Crippen LogP contribution < -0.4 is 5.69 Å². The van der Waals surface area contributed by atoms with Gasteiger partial charge >= 0.3 is 5.69 Å². The zero-order valence-electron chi connectivity index (χ0n) is 16.2. The number of nitrogens with zero attached hydrogens (tertiary/aromatic N) is 4. The van der Waals surface area contributed by atoms with Crippen molar-refractivity contribution in [2.24, 2.45) is 0 Å². The van der Waals surface area contributed by atoms with Gasteiger partial charge in [0.15, 0.2) is 26.3 Å². The van der Waals surface area contributed by atoms with Gasteiger partial charge in [0, 0.05) is 24.0 Å². The molecule has 0 bridgehead atoms. The van der Waals surface area contributed by atoms with E-state index in [1.54, 1.807) is 6.92 Å². The van der Waals surface area contributed by atoms with Gasteiger partial charge in [0.05, 0.1) is 11.3 Å². The quantitative estimate of drug-likeness (QED) is 0.516. The van der Waals surface area contributed by atoms with Gasteiger partial charge in [0.25, 0.3) is 0 Å². The summed E-state index contributed by atoms with van der Waals surface area (Å²) in [4.78, 5) is 24.4. The van der Waals surface area contributed by atoms with Gasteiger partial charge in [-0.15, -0.1) is 0 Å². The zero-order chi connectivity index (χ0) is 22.5. The molecule has 11 heteroatoms. The van der Waals surface area contributed by atoms with Crippen molar-refractivity contribution >= 4 is 20.9 Å². The summed E-state index contributed by atoms with van der Waals surface area (Å²) in [6.45, 7) is 1.56. The average molecular weight is 444 g/mol. The second-order valence-corrected chi connectivity index (χ2v) is 8.73. The molecule has 0 aliphatic carbocycles. The Hall–Kier alpha value is -3.73. The molecule has 3 heterocycles. The topological polar surface area (TPSA) is 115 Å². The highest BCUT2D eigenvalue weighted by molar-refractivity contribution is 7.90. The predicted octanol–water partition coefficient (Wildman–Crippen LogP) is 2.54. The number of halogens is 2. The fourth-order valence-electron chi connectivity index (χ4n) is 3.23. The van der Waals surface area contributed by atoms with Gasteiger partial charge in [-0.25, -0.2) is 41.5 Å². The number of fused-ring (bicyclic) bond motifs is 1. The molecule has 4 aromatic rings. The first-order valence-electron chi connectivity index (χ1n) is 8.82. The Morgan fingerprint density at radius 3 is 2.52 bits per heavy atom. The number of aromatic hydroxyl groups is 1. The lowest BCUT2D eigenvalue weighted by Gasteiger charge is -2.15. The standard InChI is InChI=1S/C20H14F2N4O4S/c1-10-6-7-23-19(31(2,29)30)17(10)26-18-11(9-24-20(26)28)8-13(22)16(25-18)15-12(21)4-3-5-14(15)27/h3-9,27H,1-2H3. The van der Waals surface area contributed by atoms with Crippen LogP contribution in [0.25, 0.3) is 28.0 Å². The van der Waals surface area contributed by atoms with E-state index in [2.05, 4.69) is 15.0 Å². The van der Waals surface area contributed by atoms with Crippen LogP contribution in [0.15, 0.2) is 52.5 Å². The van der Waals surface area contributed by atoms with E-state index in [1.165, 1.54) is 18.3 Å². The zero-order valence-corrected chi connectivity index (χ0v) is 17.0. The summed E-state index contributed by atoms with van der Waals surface area (Å²) in [5, 5.41) is 9.72. The van der Waals surface area contributed by atoms with E-state index in [4.69, 9.17) is 0 Å². The van der Waals surface area contributed by atoms with E-state index in [0.29, 0.717) is 5.56 Å². The van der Waals surface area contributed by atoms with Crippen molar-refractivity contribution in [2.45, 2.75) is 11.9 Å². The fraction of sp³-hybridized carbons (Fsp3) is 0.100. The number of aryl methyl sites for hydroxylation is 1. The molecule has 3 aromatic heterocycles. The Balaban J connectivity index is 2.18. The first-order valence-corrected chi connectivity index (χ1v) is 10.7. The lowest BCUT2D eigenvalue weighted by atomic mass is 10.1. The van der Waals surface area contributed by atoms with E-state index in [9.17, 15) is 27.1 Å². The van der Waals surface area contributed by atoms with Crippen molar-refractivity contribution in [3.63, 3.8) is 0 Å². The van der Waals surface area contributed by atoms with Crippen LogP contribution in [-0.2, 0) is 9.84 Å². The van der Waals surface area contributed by atoms with Crippen molar-refractivity contribution in [3.05, 3.63) is 70.4 Å². The van der Waals surface area contributed by atoms with E-state index >= 15 is 0 Å². The lowest BCUT2D eigenvalue weighted by molar-refractivity contribution is 0.470. The molecular formula is C20H14F2N4O4S. The molecule has 0 fully saturated rings. The molecule has 0 spiro atoms. The number of pyridine rings is 2. The number of aromatic nitrogens is 4. The van der Waals surface area contributed by atoms with E-state index in [-0.39, 0.29) is 16.7 Å². The molecule has 8 nitrogen and oxygen atoms in total. The van der Waals surface area contributed by atoms with Crippen LogP contribution in [0.5, 0.6) is 5.75 Å². The number of hydrogen-bond donors (Lipinski definition) is 1. The second kappa shape index (κ2) is 7.20. The third-order valence-corrected chi connectivity index (χ3v) is 5.60. The fourth-order valence-corrected chi connectivity index (χ4v) is 4.09. The van der Waals surface area contributed by atoms with Crippen LogP contribution in [0.3, 0.4) is 0 Å². The molecule has 0 aliphatic rings. The van der Waals surface area contributed by atoms with Gasteiger partial charge in [-0.3, -0.25) is 0 Å². The molecule has 0 aliphatic heterocycles. The highest BCUT2D eigenvalue weighted by atomic mass is 32.2. The minimum atomic E-state index is -3.87. The van der Waals surface area contributed by atoms with Gasteiger partial charge in [-0.2, -0.15) is 0 Å². The summed E-state index contributed by atoms with van der Waals surface area (Å²) in [5.41, 5.74) is -1.85. The number of hydrogen-bond acceptors (Lipinski definition) is 7. The number of rotatable bonds is 3. The van der Waals surface area contributed by atoms with Crippen molar-refractivity contribution in [2.75, 3.05) is 6.26 Å². The third kappa shape index (κ3) is 3.42. The van der Waals surface area contributed by atoms with Crippen molar-refractivity contribution in [1.29, 1.82) is 0 Å². The van der Waals surface area contributed by atoms with Crippen LogP contribution in [0.4, 0.5) is 8.78 Å². The van der Waals surface area contributed by atoms with E-state index in [1.807, 2.05) is 0 Å². The molecule has 0 amide bonds. The second-order valence-electron chi connectivity index (χ2n) is 6.80. The lowest BCUT2D eigenvalue weighted by Crippen LogP contribution is -2.25. The summed E-state index contributed by atoms with van der Waals surface area (Å²) >= 11 is 0. The number of phenols is 1. The number of benzene rings is 1. The molecule has 158 valence electrons. The minimum Gasteiger partial charge on any atom is -0.507 e. The Morgan fingerprint density at radius 1 is 1.10 bits per heavy atom. The molecule has 0 unspecified atom stereocenters. The molecule has 1 aromatic carbocycles. The monoisotopic (exact) mass is 444 g/mol. The summed E-state index contributed by atoms with van der Waals surface area (Å²) in [7, 11) is -3.87. The maximum atomic E-state index is 14.8. The highest BCUT2D eigenvalue weighted by Crippen LogP contribution is 2.34. The van der Waals surface area contributed by atoms with Crippen molar-refractivity contribution < 1.29 is 22.3 Å². The Kier molecular flexibility index (Phi) is 4.77. The van der Waals surface area contributed by atoms with E-state index < -0.39 is 49.2 Å². The van der Waals surface area contributed by atoms with Crippen molar-refractivity contribution in [1.82, 2.24) is 19.5 Å². The molecule has 0 radical (unpaired) electrons. The largest absolute Gasteiger partial charge is 0.507 e. The van der Waals surface area contributed by atoms with Crippen LogP contribution in [0.1, 0.15) is 5.56 Å². The normalized spacial score (nSPS) is 11.7. The van der Waals surface area contributed by atoms with Crippen LogP contribution >= 0.6 is 0 Å². The smallest absolute Gasteiger partial charge is 0.353 e. The summed E-state index contributed by atoms with van der Waals surface area (Å²) in [5.74, 6) is -2.45. The Bertz CT molecular complexity index is 1510. The van der Waals surface area contributed by atoms with Crippen LogP contribution in [-0.4, -0.2) is 39.3 Å². The van der Waals surface area contributed by atoms with Gasteiger partial charge in [0.1, 0.15) is 17.3 Å². The number of phenolic OH excluding ortho intramolecular Hbond substituents is 1.